The van der Waals surface area contributed by atoms with Crippen LogP contribution in [0.15, 0.2) is 23.4 Å². The summed E-state index contributed by atoms with van der Waals surface area (Å²) in [4.78, 5) is 2.31. The van der Waals surface area contributed by atoms with Crippen LogP contribution in [0.2, 0.25) is 0 Å². The van der Waals surface area contributed by atoms with Gasteiger partial charge in [-0.25, -0.2) is 0 Å². The fourth-order valence-electron chi connectivity index (χ4n) is 2.70. The molecular weight excluding hydrogens is 208 g/mol. The topological polar surface area (TPSA) is 15.3 Å². The molecule has 1 N–H and O–H groups in total. The van der Waals surface area contributed by atoms with Crippen molar-refractivity contribution in [1.82, 2.24) is 10.2 Å². The van der Waals surface area contributed by atoms with Crippen LogP contribution in [0, 0.1) is 5.41 Å². The van der Waals surface area contributed by atoms with Crippen molar-refractivity contribution in [2.45, 2.75) is 25.3 Å². The van der Waals surface area contributed by atoms with Crippen LogP contribution in [0.3, 0.4) is 0 Å². The van der Waals surface area contributed by atoms with Crippen molar-refractivity contribution in [1.29, 1.82) is 0 Å². The molecule has 2 heterocycles. The van der Waals surface area contributed by atoms with Crippen molar-refractivity contribution in [2.24, 2.45) is 5.41 Å². The first-order valence-corrected chi connectivity index (χ1v) is 6.15. The zero-order valence-electron chi connectivity index (χ0n) is 8.88. The summed E-state index contributed by atoms with van der Waals surface area (Å²) in [5.74, 6) is 0. The Morgan fingerprint density at radius 1 is 1.53 bits per heavy atom. The second kappa shape index (κ2) is 3.53. The molecule has 2 nitrogen and oxygen atoms in total. The van der Waals surface area contributed by atoms with E-state index in [1.165, 1.54) is 25.8 Å². The maximum Gasteiger partial charge on any atom is 0.0562 e. The highest BCUT2D eigenvalue weighted by Gasteiger charge is 2.48. The summed E-state index contributed by atoms with van der Waals surface area (Å²) >= 11 is 5.98. The lowest BCUT2D eigenvalue weighted by Gasteiger charge is -2.25. The number of hydrogen-bond donors (Lipinski definition) is 1. The smallest absolute Gasteiger partial charge is 0.0562 e. The molecule has 1 spiro atoms. The van der Waals surface area contributed by atoms with Gasteiger partial charge in [0.25, 0.3) is 0 Å². The standard InChI is InChI=1S/C12H17ClN2/c13-10-2-1-5-15(7-10)8-11-6-12(3-4-12)9-14-11/h1-2,7,11,14H,3-6,8-9H2/t11-/m0/s1. The molecule has 1 atom stereocenters. The lowest BCUT2D eigenvalue weighted by atomic mass is 10.0. The Bertz CT molecular complexity index is 318. The fourth-order valence-corrected chi connectivity index (χ4v) is 2.92. The fraction of sp³-hybridized carbons (Fsp3) is 0.667. The molecule has 15 heavy (non-hydrogen) atoms. The molecular formula is C12H17ClN2. The van der Waals surface area contributed by atoms with E-state index in [0.717, 1.165) is 18.1 Å². The van der Waals surface area contributed by atoms with Gasteiger partial charge in [-0.15, -0.1) is 0 Å². The van der Waals surface area contributed by atoms with E-state index in [4.69, 9.17) is 11.6 Å². The van der Waals surface area contributed by atoms with Crippen LogP contribution in [0.1, 0.15) is 19.3 Å². The average Bonchev–Trinajstić information content (AvgIpc) is 2.83. The molecule has 0 radical (unpaired) electrons. The Balaban J connectivity index is 1.55. The monoisotopic (exact) mass is 224 g/mol. The summed E-state index contributed by atoms with van der Waals surface area (Å²) < 4.78 is 0. The van der Waals surface area contributed by atoms with Crippen LogP contribution >= 0.6 is 11.6 Å². The molecule has 3 heteroatoms. The molecule has 2 fully saturated rings. The van der Waals surface area contributed by atoms with Crippen LogP contribution < -0.4 is 5.32 Å². The Morgan fingerprint density at radius 3 is 3.07 bits per heavy atom. The third-order valence-corrected chi connectivity index (χ3v) is 4.00. The quantitative estimate of drug-likeness (QED) is 0.773. The van der Waals surface area contributed by atoms with Gasteiger partial charge in [0.2, 0.25) is 0 Å². The summed E-state index contributed by atoms with van der Waals surface area (Å²) in [5, 5.41) is 4.48. The van der Waals surface area contributed by atoms with E-state index >= 15 is 0 Å². The summed E-state index contributed by atoms with van der Waals surface area (Å²) in [6.07, 6.45) is 10.4. The zero-order valence-corrected chi connectivity index (χ0v) is 9.63. The van der Waals surface area contributed by atoms with Crippen LogP contribution in [0.25, 0.3) is 0 Å². The maximum absolute atomic E-state index is 5.98. The summed E-state index contributed by atoms with van der Waals surface area (Å²) in [6.45, 7) is 3.34. The number of rotatable bonds is 2. The van der Waals surface area contributed by atoms with Crippen molar-refractivity contribution in [3.05, 3.63) is 23.4 Å². The Labute approximate surface area is 96.0 Å². The summed E-state index contributed by atoms with van der Waals surface area (Å²) in [7, 11) is 0. The first-order valence-electron chi connectivity index (χ1n) is 5.77. The van der Waals surface area contributed by atoms with E-state index in [1.54, 1.807) is 0 Å². The van der Waals surface area contributed by atoms with Gasteiger partial charge in [-0.05, 0) is 30.8 Å². The molecule has 1 saturated heterocycles. The van der Waals surface area contributed by atoms with E-state index in [1.807, 2.05) is 6.08 Å². The van der Waals surface area contributed by atoms with Crippen molar-refractivity contribution >= 4 is 11.6 Å². The number of halogens is 1. The molecule has 2 aliphatic heterocycles. The molecule has 1 aliphatic carbocycles. The van der Waals surface area contributed by atoms with E-state index in [-0.39, 0.29) is 0 Å². The van der Waals surface area contributed by atoms with Gasteiger partial charge in [0, 0.05) is 31.9 Å². The minimum atomic E-state index is 0.666. The Kier molecular flexibility index (Phi) is 2.29. The van der Waals surface area contributed by atoms with Crippen molar-refractivity contribution in [3.63, 3.8) is 0 Å². The SMILES string of the molecule is ClC1=CN(C[C@@H]2CC3(CC3)CN2)CC=C1. The third kappa shape index (κ3) is 2.06. The van der Waals surface area contributed by atoms with E-state index < -0.39 is 0 Å². The van der Waals surface area contributed by atoms with Crippen LogP contribution in [-0.2, 0) is 0 Å². The predicted molar refractivity (Wildman–Crippen MR) is 62.7 cm³/mol. The van der Waals surface area contributed by atoms with Crippen LogP contribution in [0.5, 0.6) is 0 Å². The highest BCUT2D eigenvalue weighted by molar-refractivity contribution is 6.31. The molecule has 1 saturated carbocycles. The van der Waals surface area contributed by atoms with Gasteiger partial charge in [0.05, 0.1) is 5.03 Å². The van der Waals surface area contributed by atoms with E-state index in [9.17, 15) is 0 Å². The average molecular weight is 225 g/mol. The number of allylic oxidation sites excluding steroid dienone is 2. The number of nitrogens with one attached hydrogen (secondary N) is 1. The second-order valence-electron chi connectivity index (χ2n) is 5.15. The van der Waals surface area contributed by atoms with Crippen molar-refractivity contribution < 1.29 is 0 Å². The van der Waals surface area contributed by atoms with Gasteiger partial charge in [-0.3, -0.25) is 0 Å². The first-order chi connectivity index (χ1) is 7.26. The zero-order chi connectivity index (χ0) is 10.3. The molecule has 0 unspecified atom stereocenters. The Hall–Kier alpha value is -0.470. The lowest BCUT2D eigenvalue weighted by molar-refractivity contribution is 0.354. The normalized spacial score (nSPS) is 32.2. The lowest BCUT2D eigenvalue weighted by Crippen LogP contribution is -2.35. The van der Waals surface area contributed by atoms with Gasteiger partial charge < -0.3 is 10.2 Å². The van der Waals surface area contributed by atoms with Crippen molar-refractivity contribution in [3.8, 4) is 0 Å². The second-order valence-corrected chi connectivity index (χ2v) is 5.59. The highest BCUT2D eigenvalue weighted by Crippen LogP contribution is 2.51. The van der Waals surface area contributed by atoms with E-state index in [2.05, 4.69) is 22.5 Å². The minimum Gasteiger partial charge on any atom is -0.371 e. The molecule has 0 aromatic heterocycles. The third-order valence-electron chi connectivity index (χ3n) is 3.78. The van der Waals surface area contributed by atoms with Crippen LogP contribution in [-0.4, -0.2) is 30.6 Å². The van der Waals surface area contributed by atoms with Crippen LogP contribution in [0.4, 0.5) is 0 Å². The maximum atomic E-state index is 5.98. The molecule has 0 aromatic carbocycles. The molecule has 0 bridgehead atoms. The van der Waals surface area contributed by atoms with E-state index in [0.29, 0.717) is 11.5 Å². The molecule has 0 amide bonds. The molecule has 0 aromatic rings. The first kappa shape index (κ1) is 9.73. The van der Waals surface area contributed by atoms with Gasteiger partial charge >= 0.3 is 0 Å². The predicted octanol–water partition coefficient (Wildman–Crippen LogP) is 2.08. The summed E-state index contributed by atoms with van der Waals surface area (Å²) in [5.41, 5.74) is 0.698. The number of hydrogen-bond acceptors (Lipinski definition) is 2. The molecule has 3 rings (SSSR count). The Morgan fingerprint density at radius 2 is 2.40 bits per heavy atom. The van der Waals surface area contributed by atoms with Gasteiger partial charge in [-0.1, -0.05) is 17.7 Å². The molecule has 82 valence electrons. The van der Waals surface area contributed by atoms with Gasteiger partial charge in [0.15, 0.2) is 0 Å². The van der Waals surface area contributed by atoms with Gasteiger partial charge in [0.1, 0.15) is 0 Å². The minimum absolute atomic E-state index is 0.666. The number of nitrogens with zero attached hydrogens (tertiary/aromatic N) is 1. The molecule has 3 aliphatic rings. The highest BCUT2D eigenvalue weighted by atomic mass is 35.5. The summed E-state index contributed by atoms with van der Waals surface area (Å²) in [6, 6.07) is 0.666. The van der Waals surface area contributed by atoms with Crippen molar-refractivity contribution in [2.75, 3.05) is 19.6 Å². The van der Waals surface area contributed by atoms with Gasteiger partial charge in [-0.2, -0.15) is 0 Å². The largest absolute Gasteiger partial charge is 0.371 e.